The second kappa shape index (κ2) is 9.23. The van der Waals surface area contributed by atoms with Gasteiger partial charge in [0.05, 0.1) is 0 Å². The molecule has 2 N–H and O–H groups in total. The third-order valence-electron chi connectivity index (χ3n) is 7.19. The van der Waals surface area contributed by atoms with Gasteiger partial charge in [0.25, 0.3) is 0 Å². The van der Waals surface area contributed by atoms with Crippen molar-refractivity contribution in [2.24, 2.45) is 23.7 Å². The van der Waals surface area contributed by atoms with Crippen molar-refractivity contribution in [3.05, 3.63) is 0 Å². The summed E-state index contributed by atoms with van der Waals surface area (Å²) >= 11 is 0. The highest BCUT2D eigenvalue weighted by molar-refractivity contribution is 5.81. The summed E-state index contributed by atoms with van der Waals surface area (Å²) in [4.78, 5) is 25.1. The lowest BCUT2D eigenvalue weighted by Gasteiger charge is -2.32. The number of carbonyl (C=O) groups is 2. The minimum atomic E-state index is 0.119. The number of hydrogen-bond acceptors (Lipinski definition) is 2. The van der Waals surface area contributed by atoms with Gasteiger partial charge in [0.2, 0.25) is 11.8 Å². The summed E-state index contributed by atoms with van der Waals surface area (Å²) in [5.41, 5.74) is 0. The summed E-state index contributed by atoms with van der Waals surface area (Å²) in [6.45, 7) is 4.61. The molecular formula is C22H38N2O2. The Balaban J connectivity index is 1.36. The van der Waals surface area contributed by atoms with Gasteiger partial charge in [-0.25, -0.2) is 0 Å². The minimum absolute atomic E-state index is 0.119. The largest absolute Gasteiger partial charge is 0.353 e. The highest BCUT2D eigenvalue weighted by Gasteiger charge is 2.32. The summed E-state index contributed by atoms with van der Waals surface area (Å²) in [5.74, 6) is 2.34. The fraction of sp³-hybridized carbons (Fsp3) is 0.909. The molecule has 3 aliphatic rings. The molecule has 26 heavy (non-hydrogen) atoms. The summed E-state index contributed by atoms with van der Waals surface area (Å²) in [7, 11) is 0. The van der Waals surface area contributed by atoms with Crippen LogP contribution in [-0.2, 0) is 9.59 Å². The van der Waals surface area contributed by atoms with Gasteiger partial charge >= 0.3 is 0 Å². The number of hydrogen-bond donors (Lipinski definition) is 2. The quantitative estimate of drug-likeness (QED) is 0.788. The Morgan fingerprint density at radius 3 is 1.15 bits per heavy atom. The average molecular weight is 363 g/mol. The van der Waals surface area contributed by atoms with Crippen LogP contribution in [-0.4, -0.2) is 23.9 Å². The molecule has 0 unspecified atom stereocenters. The molecule has 0 radical (unpaired) electrons. The number of rotatable bonds is 4. The van der Waals surface area contributed by atoms with E-state index >= 15 is 0 Å². The molecule has 0 bridgehead atoms. The Labute approximate surface area is 159 Å². The molecule has 0 aromatic heterocycles. The van der Waals surface area contributed by atoms with Crippen LogP contribution in [0.3, 0.4) is 0 Å². The van der Waals surface area contributed by atoms with Crippen LogP contribution in [0.5, 0.6) is 0 Å². The van der Waals surface area contributed by atoms with Crippen LogP contribution in [0.1, 0.15) is 90.9 Å². The van der Waals surface area contributed by atoms with Crippen molar-refractivity contribution in [3.63, 3.8) is 0 Å². The van der Waals surface area contributed by atoms with Crippen molar-refractivity contribution in [2.75, 3.05) is 0 Å². The van der Waals surface area contributed by atoms with Crippen LogP contribution < -0.4 is 10.6 Å². The molecule has 0 saturated heterocycles. The van der Waals surface area contributed by atoms with E-state index in [9.17, 15) is 9.59 Å². The van der Waals surface area contributed by atoms with Crippen molar-refractivity contribution >= 4 is 11.8 Å². The fourth-order valence-electron chi connectivity index (χ4n) is 5.06. The van der Waals surface area contributed by atoms with Crippen LogP contribution in [0, 0.1) is 23.7 Å². The lowest BCUT2D eigenvalue weighted by Crippen LogP contribution is -2.44. The van der Waals surface area contributed by atoms with E-state index in [-0.39, 0.29) is 23.7 Å². The van der Waals surface area contributed by atoms with E-state index in [2.05, 4.69) is 24.5 Å². The highest BCUT2D eigenvalue weighted by Crippen LogP contribution is 2.31. The maximum absolute atomic E-state index is 12.6. The van der Waals surface area contributed by atoms with Crippen LogP contribution in [0.4, 0.5) is 0 Å². The predicted octanol–water partition coefficient (Wildman–Crippen LogP) is 4.18. The molecule has 3 fully saturated rings. The maximum Gasteiger partial charge on any atom is 0.223 e. The third kappa shape index (κ3) is 5.47. The standard InChI is InChI=1S/C22H38N2O2/c1-15-3-11-19(12-4-15)23-21(25)17-7-9-18(10-8-17)22(26)24-20-13-5-16(2)6-14-20/h15-20H,3-14H2,1-2H3,(H,23,25)(H,24,26). The Hall–Kier alpha value is -1.06. The van der Waals surface area contributed by atoms with Gasteiger partial charge in [-0.1, -0.05) is 13.8 Å². The van der Waals surface area contributed by atoms with Crippen molar-refractivity contribution in [3.8, 4) is 0 Å². The minimum Gasteiger partial charge on any atom is -0.353 e. The van der Waals surface area contributed by atoms with Gasteiger partial charge in [0.1, 0.15) is 0 Å². The van der Waals surface area contributed by atoms with Gasteiger partial charge in [-0.05, 0) is 88.9 Å². The first-order valence-corrected chi connectivity index (χ1v) is 11.1. The third-order valence-corrected chi connectivity index (χ3v) is 7.19. The van der Waals surface area contributed by atoms with Crippen molar-refractivity contribution in [1.82, 2.24) is 10.6 Å². The number of nitrogens with one attached hydrogen (secondary N) is 2. The first-order chi connectivity index (χ1) is 12.5. The van der Waals surface area contributed by atoms with E-state index in [0.717, 1.165) is 63.2 Å². The van der Waals surface area contributed by atoms with Gasteiger partial charge in [0.15, 0.2) is 0 Å². The molecule has 0 aromatic rings. The van der Waals surface area contributed by atoms with Crippen LogP contribution in [0.2, 0.25) is 0 Å². The highest BCUT2D eigenvalue weighted by atomic mass is 16.2. The van der Waals surface area contributed by atoms with E-state index in [1.165, 1.54) is 25.7 Å². The van der Waals surface area contributed by atoms with Crippen LogP contribution in [0.25, 0.3) is 0 Å². The monoisotopic (exact) mass is 362 g/mol. The van der Waals surface area contributed by atoms with E-state index in [0.29, 0.717) is 12.1 Å². The second-order valence-electron chi connectivity index (χ2n) is 9.48. The molecule has 0 aromatic carbocycles. The predicted molar refractivity (Wildman–Crippen MR) is 105 cm³/mol. The van der Waals surface area contributed by atoms with Crippen LogP contribution >= 0.6 is 0 Å². The van der Waals surface area contributed by atoms with Crippen molar-refractivity contribution in [1.29, 1.82) is 0 Å². The Kier molecular flexibility index (Phi) is 6.99. The Bertz CT molecular complexity index is 425. The zero-order valence-corrected chi connectivity index (χ0v) is 16.8. The Morgan fingerprint density at radius 1 is 0.538 bits per heavy atom. The smallest absolute Gasteiger partial charge is 0.223 e. The molecular weight excluding hydrogens is 324 g/mol. The first-order valence-electron chi connectivity index (χ1n) is 11.1. The van der Waals surface area contributed by atoms with Gasteiger partial charge < -0.3 is 10.6 Å². The van der Waals surface area contributed by atoms with E-state index in [1.807, 2.05) is 0 Å². The lowest BCUT2D eigenvalue weighted by atomic mass is 9.80. The van der Waals surface area contributed by atoms with Crippen molar-refractivity contribution in [2.45, 2.75) is 103 Å². The lowest BCUT2D eigenvalue weighted by molar-refractivity contribution is -0.131. The molecule has 2 amide bonds. The summed E-state index contributed by atoms with van der Waals surface area (Å²) in [6, 6.07) is 0.766. The average Bonchev–Trinajstić information content (AvgIpc) is 2.65. The molecule has 4 nitrogen and oxygen atoms in total. The zero-order chi connectivity index (χ0) is 18.5. The number of carbonyl (C=O) groups excluding carboxylic acids is 2. The van der Waals surface area contributed by atoms with E-state index in [1.54, 1.807) is 0 Å². The summed E-state index contributed by atoms with van der Waals surface area (Å²) < 4.78 is 0. The van der Waals surface area contributed by atoms with Gasteiger partial charge in [-0.3, -0.25) is 9.59 Å². The zero-order valence-electron chi connectivity index (χ0n) is 16.8. The molecule has 4 heteroatoms. The molecule has 3 saturated carbocycles. The van der Waals surface area contributed by atoms with Gasteiger partial charge in [0, 0.05) is 23.9 Å². The fourth-order valence-corrected chi connectivity index (χ4v) is 5.06. The van der Waals surface area contributed by atoms with E-state index < -0.39 is 0 Å². The molecule has 148 valence electrons. The summed E-state index contributed by atoms with van der Waals surface area (Å²) in [5, 5.41) is 6.57. The SMILES string of the molecule is CC1CCC(NC(=O)C2CCC(C(=O)NC3CCC(C)CC3)CC2)CC1. The normalized spacial score (nSPS) is 38.4. The second-order valence-corrected chi connectivity index (χ2v) is 9.48. The number of amides is 2. The maximum atomic E-state index is 12.6. The molecule has 0 aliphatic heterocycles. The molecule has 0 atom stereocenters. The van der Waals surface area contributed by atoms with Crippen molar-refractivity contribution < 1.29 is 9.59 Å². The topological polar surface area (TPSA) is 58.2 Å². The Morgan fingerprint density at radius 2 is 0.846 bits per heavy atom. The molecule has 0 spiro atoms. The molecule has 3 rings (SSSR count). The summed E-state index contributed by atoms with van der Waals surface area (Å²) in [6.07, 6.45) is 12.9. The van der Waals surface area contributed by atoms with Crippen LogP contribution in [0.15, 0.2) is 0 Å². The van der Waals surface area contributed by atoms with E-state index in [4.69, 9.17) is 0 Å². The van der Waals surface area contributed by atoms with Gasteiger partial charge in [-0.15, -0.1) is 0 Å². The molecule has 3 aliphatic carbocycles. The molecule has 0 heterocycles. The van der Waals surface area contributed by atoms with Gasteiger partial charge in [-0.2, -0.15) is 0 Å². The first kappa shape index (κ1) is 19.7.